The van der Waals surface area contributed by atoms with Gasteiger partial charge in [0, 0.05) is 0 Å². The first kappa shape index (κ1) is 13.0. The molecule has 0 atom stereocenters. The van der Waals surface area contributed by atoms with Crippen LogP contribution in [0.4, 0.5) is 0 Å². The van der Waals surface area contributed by atoms with Crippen molar-refractivity contribution in [3.05, 3.63) is 74.2 Å². The van der Waals surface area contributed by atoms with E-state index in [2.05, 4.69) is 31.1 Å². The van der Waals surface area contributed by atoms with Crippen molar-refractivity contribution in [1.29, 1.82) is 0 Å². The standard InChI is InChI=1S/C10H10.C4H6O/c1-3-9-5-7-10(4-2)8-6-9;1-3-5-4-2/h3-8H,1-2H2;3-4H,1-2H2. The molecule has 0 amide bonds. The van der Waals surface area contributed by atoms with Crippen molar-refractivity contribution in [1.82, 2.24) is 0 Å². The van der Waals surface area contributed by atoms with Crippen molar-refractivity contribution in [2.75, 3.05) is 0 Å². The minimum atomic E-state index is 1.14. The highest BCUT2D eigenvalue weighted by Crippen LogP contribution is 2.05. The van der Waals surface area contributed by atoms with Crippen molar-refractivity contribution in [2.45, 2.75) is 0 Å². The summed E-state index contributed by atoms with van der Waals surface area (Å²) in [6.45, 7) is 13.8. The Morgan fingerprint density at radius 1 is 0.733 bits per heavy atom. The Labute approximate surface area is 91.7 Å². The molecule has 0 spiro atoms. The molecular formula is C14H16O. The molecule has 1 aromatic carbocycles. The molecule has 0 aliphatic heterocycles. The molecule has 0 radical (unpaired) electrons. The first-order chi connectivity index (χ1) is 7.28. The molecule has 0 saturated heterocycles. The Balaban J connectivity index is 0.000000336. The van der Waals surface area contributed by atoms with Gasteiger partial charge in [0.05, 0.1) is 12.5 Å². The Bertz CT molecular complexity index is 287. The zero-order valence-electron chi connectivity index (χ0n) is 8.86. The molecular weight excluding hydrogens is 184 g/mol. The molecule has 15 heavy (non-hydrogen) atoms. The molecule has 0 unspecified atom stereocenters. The van der Waals surface area contributed by atoms with Crippen molar-refractivity contribution >= 4 is 12.2 Å². The third-order valence-corrected chi connectivity index (χ3v) is 1.60. The summed E-state index contributed by atoms with van der Waals surface area (Å²) in [5, 5.41) is 0. The van der Waals surface area contributed by atoms with Gasteiger partial charge in [-0.25, -0.2) is 0 Å². The van der Waals surface area contributed by atoms with Gasteiger partial charge in [0.2, 0.25) is 0 Å². The highest BCUT2D eigenvalue weighted by Gasteiger charge is 1.84. The van der Waals surface area contributed by atoms with Crippen LogP contribution in [-0.2, 0) is 4.74 Å². The summed E-state index contributed by atoms with van der Waals surface area (Å²) in [4.78, 5) is 0. The van der Waals surface area contributed by atoms with Crippen molar-refractivity contribution in [3.63, 3.8) is 0 Å². The second-order valence-corrected chi connectivity index (χ2v) is 2.54. The van der Waals surface area contributed by atoms with E-state index in [9.17, 15) is 0 Å². The molecule has 78 valence electrons. The maximum absolute atomic E-state index is 4.36. The fraction of sp³-hybridized carbons (Fsp3) is 0. The minimum absolute atomic E-state index is 1.14. The summed E-state index contributed by atoms with van der Waals surface area (Å²) in [6, 6.07) is 8.07. The molecule has 1 rings (SSSR count). The van der Waals surface area contributed by atoms with Crippen LogP contribution >= 0.6 is 0 Å². The number of hydrogen-bond donors (Lipinski definition) is 0. The molecule has 0 aromatic heterocycles. The van der Waals surface area contributed by atoms with E-state index in [4.69, 9.17) is 0 Å². The van der Waals surface area contributed by atoms with Gasteiger partial charge in [-0.15, -0.1) is 0 Å². The molecule has 1 heteroatoms. The second kappa shape index (κ2) is 8.57. The molecule has 0 N–H and O–H groups in total. The Kier molecular flexibility index (Phi) is 7.42. The maximum atomic E-state index is 4.36. The van der Waals surface area contributed by atoms with E-state index in [1.54, 1.807) is 0 Å². The van der Waals surface area contributed by atoms with Crippen LogP contribution < -0.4 is 0 Å². The lowest BCUT2D eigenvalue weighted by molar-refractivity contribution is 0.406. The fourth-order valence-corrected chi connectivity index (χ4v) is 0.836. The smallest absolute Gasteiger partial charge is 0.0829 e. The highest BCUT2D eigenvalue weighted by molar-refractivity contribution is 5.53. The van der Waals surface area contributed by atoms with Crippen molar-refractivity contribution in [2.24, 2.45) is 0 Å². The van der Waals surface area contributed by atoms with Gasteiger partial charge in [-0.05, 0) is 11.1 Å². The number of benzene rings is 1. The van der Waals surface area contributed by atoms with Crippen molar-refractivity contribution < 1.29 is 4.74 Å². The van der Waals surface area contributed by atoms with Gasteiger partial charge >= 0.3 is 0 Å². The zero-order valence-corrected chi connectivity index (χ0v) is 8.86. The number of hydrogen-bond acceptors (Lipinski definition) is 1. The topological polar surface area (TPSA) is 9.23 Å². The monoisotopic (exact) mass is 200 g/mol. The van der Waals surface area contributed by atoms with Gasteiger partial charge in [-0.3, -0.25) is 0 Å². The quantitative estimate of drug-likeness (QED) is 0.660. The summed E-state index contributed by atoms with van der Waals surface area (Å²) in [5.74, 6) is 0. The molecule has 0 aliphatic carbocycles. The van der Waals surface area contributed by atoms with Crippen LogP contribution in [0.2, 0.25) is 0 Å². The number of ether oxygens (including phenoxy) is 1. The Morgan fingerprint density at radius 3 is 1.20 bits per heavy atom. The van der Waals surface area contributed by atoms with Gasteiger partial charge in [0.15, 0.2) is 0 Å². The fourth-order valence-electron chi connectivity index (χ4n) is 0.836. The van der Waals surface area contributed by atoms with E-state index in [1.807, 2.05) is 36.4 Å². The normalized spacial score (nSPS) is 7.73. The van der Waals surface area contributed by atoms with E-state index in [0.29, 0.717) is 0 Å². The first-order valence-electron chi connectivity index (χ1n) is 4.50. The third kappa shape index (κ3) is 6.11. The lowest BCUT2D eigenvalue weighted by Gasteiger charge is -1.92. The van der Waals surface area contributed by atoms with Gasteiger partial charge in [0.1, 0.15) is 0 Å². The highest BCUT2D eigenvalue weighted by atomic mass is 16.5. The predicted molar refractivity (Wildman–Crippen MR) is 68.1 cm³/mol. The first-order valence-corrected chi connectivity index (χ1v) is 4.50. The average Bonchev–Trinajstić information content (AvgIpc) is 2.31. The second-order valence-electron chi connectivity index (χ2n) is 2.54. The predicted octanol–water partition coefficient (Wildman–Crippen LogP) is 4.26. The van der Waals surface area contributed by atoms with E-state index in [0.717, 1.165) is 11.1 Å². The zero-order chi connectivity index (χ0) is 11.5. The Morgan fingerprint density at radius 2 is 1.07 bits per heavy atom. The lowest BCUT2D eigenvalue weighted by Crippen LogP contribution is -1.71. The van der Waals surface area contributed by atoms with Crippen LogP contribution in [0.15, 0.2) is 63.1 Å². The molecule has 1 aromatic rings. The third-order valence-electron chi connectivity index (χ3n) is 1.60. The summed E-state index contributed by atoms with van der Waals surface area (Å²) in [5.41, 5.74) is 2.29. The van der Waals surface area contributed by atoms with Crippen LogP contribution in [-0.4, -0.2) is 0 Å². The number of rotatable bonds is 4. The van der Waals surface area contributed by atoms with Gasteiger partial charge in [0.25, 0.3) is 0 Å². The summed E-state index contributed by atoms with van der Waals surface area (Å²) < 4.78 is 4.36. The van der Waals surface area contributed by atoms with Crippen molar-refractivity contribution in [3.8, 4) is 0 Å². The van der Waals surface area contributed by atoms with Gasteiger partial charge < -0.3 is 4.74 Å². The molecule has 0 fully saturated rings. The van der Waals surface area contributed by atoms with Crippen LogP contribution in [0, 0.1) is 0 Å². The van der Waals surface area contributed by atoms with E-state index < -0.39 is 0 Å². The van der Waals surface area contributed by atoms with Crippen LogP contribution in [0.1, 0.15) is 11.1 Å². The molecule has 0 bridgehead atoms. The van der Waals surface area contributed by atoms with Gasteiger partial charge in [-0.1, -0.05) is 62.7 Å². The Hall–Kier alpha value is -2.02. The molecule has 0 heterocycles. The summed E-state index contributed by atoms with van der Waals surface area (Å²) in [7, 11) is 0. The summed E-state index contributed by atoms with van der Waals surface area (Å²) in [6.07, 6.45) is 6.28. The molecule has 0 saturated carbocycles. The van der Waals surface area contributed by atoms with E-state index >= 15 is 0 Å². The largest absolute Gasteiger partial charge is 0.474 e. The van der Waals surface area contributed by atoms with E-state index in [-0.39, 0.29) is 0 Å². The van der Waals surface area contributed by atoms with Crippen LogP contribution in [0.5, 0.6) is 0 Å². The molecule has 0 aliphatic rings. The maximum Gasteiger partial charge on any atom is 0.0829 e. The SMILES string of the molecule is C=COC=C.C=Cc1ccc(C=C)cc1. The molecule has 1 nitrogen and oxygen atoms in total. The van der Waals surface area contributed by atoms with E-state index in [1.165, 1.54) is 12.5 Å². The lowest BCUT2D eigenvalue weighted by atomic mass is 10.1. The van der Waals surface area contributed by atoms with Gasteiger partial charge in [-0.2, -0.15) is 0 Å². The van der Waals surface area contributed by atoms with Crippen LogP contribution in [0.3, 0.4) is 0 Å². The summed E-state index contributed by atoms with van der Waals surface area (Å²) >= 11 is 0. The average molecular weight is 200 g/mol. The van der Waals surface area contributed by atoms with Crippen LogP contribution in [0.25, 0.3) is 12.2 Å². The minimum Gasteiger partial charge on any atom is -0.474 e.